The van der Waals surface area contributed by atoms with Crippen LogP contribution in [0.5, 0.6) is 0 Å². The first-order valence-electron chi connectivity index (χ1n) is 9.78. The number of fused-ring (bicyclic) bond motifs is 1. The number of hydrogen-bond acceptors (Lipinski definition) is 4. The molecule has 7 heteroatoms. The molecule has 1 aliphatic rings. The van der Waals surface area contributed by atoms with E-state index in [2.05, 4.69) is 27.1 Å². The minimum absolute atomic E-state index is 0.1000. The van der Waals surface area contributed by atoms with Crippen molar-refractivity contribution in [3.63, 3.8) is 0 Å². The molecule has 1 amide bonds. The Morgan fingerprint density at radius 3 is 2.86 bits per heavy atom. The molecule has 3 aromatic heterocycles. The minimum Gasteiger partial charge on any atom is -0.462 e. The van der Waals surface area contributed by atoms with Crippen LogP contribution < -0.4 is 0 Å². The minimum atomic E-state index is -0.397. The summed E-state index contributed by atoms with van der Waals surface area (Å²) in [5, 5.41) is 1.09. The van der Waals surface area contributed by atoms with Crippen LogP contribution >= 0.6 is 0 Å². The number of amides is 1. The van der Waals surface area contributed by atoms with E-state index in [0.29, 0.717) is 42.2 Å². The molecule has 7 nitrogen and oxygen atoms in total. The first kappa shape index (κ1) is 19.0. The number of carbonyl (C=O) groups is 2. The Kier molecular flexibility index (Phi) is 4.96. The van der Waals surface area contributed by atoms with Crippen molar-refractivity contribution in [1.82, 2.24) is 19.9 Å². The molecule has 4 heterocycles. The van der Waals surface area contributed by atoms with Gasteiger partial charge in [0.25, 0.3) is 5.91 Å². The van der Waals surface area contributed by atoms with E-state index in [1.807, 2.05) is 12.3 Å². The third-order valence-electron chi connectivity index (χ3n) is 5.42. The lowest BCUT2D eigenvalue weighted by Crippen LogP contribution is -2.35. The molecule has 0 spiro atoms. The number of rotatable bonds is 4. The Bertz CT molecular complexity index is 1120. The summed E-state index contributed by atoms with van der Waals surface area (Å²) >= 11 is 0. The van der Waals surface area contributed by atoms with Gasteiger partial charge < -0.3 is 19.6 Å². The molecule has 0 radical (unpaired) electrons. The van der Waals surface area contributed by atoms with Crippen molar-refractivity contribution in [1.29, 1.82) is 0 Å². The Hall–Kier alpha value is -3.35. The van der Waals surface area contributed by atoms with Crippen LogP contribution in [0.25, 0.3) is 16.6 Å². The molecule has 150 valence electrons. The monoisotopic (exact) mass is 392 g/mol. The largest absolute Gasteiger partial charge is 0.462 e. The zero-order valence-electron chi connectivity index (χ0n) is 16.8. The molecule has 0 atom stereocenters. The van der Waals surface area contributed by atoms with E-state index >= 15 is 0 Å². The third kappa shape index (κ3) is 3.33. The SMILES string of the molecule is CCOC(=O)c1c(C)[nH]c(C(=O)N2CC=C(c3c[nH]c4ncccc34)CC2)c1C. The molecule has 0 saturated heterocycles. The van der Waals surface area contributed by atoms with E-state index in [4.69, 9.17) is 4.74 Å². The van der Waals surface area contributed by atoms with Gasteiger partial charge in [0.05, 0.1) is 12.2 Å². The molecule has 0 unspecified atom stereocenters. The van der Waals surface area contributed by atoms with Crippen LogP contribution in [0.4, 0.5) is 0 Å². The topological polar surface area (TPSA) is 91.1 Å². The standard InChI is InChI=1S/C22H24N4O3/c1-4-29-22(28)18-13(2)19(25-14(18)3)21(27)26-10-7-15(8-11-26)17-12-24-20-16(17)6-5-9-23-20/h5-7,9,12,25H,4,8,10-11H2,1-3H3,(H,23,24). The van der Waals surface area contributed by atoms with Crippen molar-refractivity contribution in [3.05, 3.63) is 58.7 Å². The number of pyridine rings is 1. The van der Waals surface area contributed by atoms with Crippen molar-refractivity contribution < 1.29 is 14.3 Å². The summed E-state index contributed by atoms with van der Waals surface area (Å²) < 4.78 is 5.12. The van der Waals surface area contributed by atoms with Crippen LogP contribution in [0.2, 0.25) is 0 Å². The highest BCUT2D eigenvalue weighted by atomic mass is 16.5. The van der Waals surface area contributed by atoms with E-state index in [1.54, 1.807) is 31.9 Å². The maximum Gasteiger partial charge on any atom is 0.340 e. The number of ether oxygens (including phenoxy) is 1. The summed E-state index contributed by atoms with van der Waals surface area (Å²) in [6.07, 6.45) is 6.60. The van der Waals surface area contributed by atoms with Gasteiger partial charge in [0.15, 0.2) is 0 Å². The molecule has 4 rings (SSSR count). The zero-order valence-corrected chi connectivity index (χ0v) is 16.8. The van der Waals surface area contributed by atoms with Crippen LogP contribution in [0.3, 0.4) is 0 Å². The Morgan fingerprint density at radius 2 is 2.14 bits per heavy atom. The number of aryl methyl sites for hydroxylation is 1. The molecule has 0 bridgehead atoms. The normalized spacial score (nSPS) is 14.2. The van der Waals surface area contributed by atoms with Crippen LogP contribution in [0.1, 0.15) is 51.0 Å². The Balaban J connectivity index is 1.55. The highest BCUT2D eigenvalue weighted by molar-refractivity contribution is 6.01. The smallest absolute Gasteiger partial charge is 0.340 e. The fourth-order valence-corrected chi connectivity index (χ4v) is 3.95. The molecule has 29 heavy (non-hydrogen) atoms. The van der Waals surface area contributed by atoms with E-state index < -0.39 is 5.97 Å². The summed E-state index contributed by atoms with van der Waals surface area (Å²) in [7, 11) is 0. The number of nitrogens with one attached hydrogen (secondary N) is 2. The van der Waals surface area contributed by atoms with Crippen LogP contribution in [-0.4, -0.2) is 51.4 Å². The molecular formula is C22H24N4O3. The fourth-order valence-electron chi connectivity index (χ4n) is 3.95. The molecule has 3 aromatic rings. The summed E-state index contributed by atoms with van der Waals surface area (Å²) in [5.74, 6) is -0.497. The Labute approximate surface area is 168 Å². The second-order valence-corrected chi connectivity index (χ2v) is 7.18. The zero-order chi connectivity index (χ0) is 20.5. The summed E-state index contributed by atoms with van der Waals surface area (Å²) in [4.78, 5) is 37.7. The fraction of sp³-hybridized carbons (Fsp3) is 0.318. The van der Waals surface area contributed by atoms with Crippen LogP contribution in [0.15, 0.2) is 30.6 Å². The maximum absolute atomic E-state index is 13.1. The van der Waals surface area contributed by atoms with Crippen LogP contribution in [-0.2, 0) is 4.74 Å². The van der Waals surface area contributed by atoms with Gasteiger partial charge in [-0.25, -0.2) is 9.78 Å². The Morgan fingerprint density at radius 1 is 1.31 bits per heavy atom. The molecular weight excluding hydrogens is 368 g/mol. The summed E-state index contributed by atoms with van der Waals surface area (Å²) in [5.41, 5.74) is 5.42. The number of H-pyrrole nitrogens is 2. The quantitative estimate of drug-likeness (QED) is 0.664. The number of aromatic amines is 2. The van der Waals surface area contributed by atoms with E-state index in [0.717, 1.165) is 23.0 Å². The van der Waals surface area contributed by atoms with Gasteiger partial charge in [-0.1, -0.05) is 6.08 Å². The van der Waals surface area contributed by atoms with Gasteiger partial charge in [0.1, 0.15) is 11.3 Å². The van der Waals surface area contributed by atoms with Crippen molar-refractivity contribution in [2.24, 2.45) is 0 Å². The number of aromatic nitrogens is 3. The number of hydrogen-bond donors (Lipinski definition) is 2. The van der Waals surface area contributed by atoms with E-state index in [-0.39, 0.29) is 5.91 Å². The molecule has 0 fully saturated rings. The summed E-state index contributed by atoms with van der Waals surface area (Å²) in [6, 6.07) is 3.98. The molecule has 0 saturated carbocycles. The van der Waals surface area contributed by atoms with Crippen LogP contribution in [0, 0.1) is 13.8 Å². The van der Waals surface area contributed by atoms with Gasteiger partial charge in [0, 0.05) is 42.1 Å². The van der Waals surface area contributed by atoms with Crippen molar-refractivity contribution in [2.45, 2.75) is 27.2 Å². The molecule has 1 aliphatic heterocycles. The highest BCUT2D eigenvalue weighted by Crippen LogP contribution is 2.29. The van der Waals surface area contributed by atoms with Gasteiger partial charge in [-0.05, 0) is 50.5 Å². The third-order valence-corrected chi connectivity index (χ3v) is 5.42. The lowest BCUT2D eigenvalue weighted by Gasteiger charge is -2.26. The highest BCUT2D eigenvalue weighted by Gasteiger charge is 2.27. The predicted molar refractivity (Wildman–Crippen MR) is 111 cm³/mol. The average molecular weight is 392 g/mol. The lowest BCUT2D eigenvalue weighted by atomic mass is 9.99. The summed E-state index contributed by atoms with van der Waals surface area (Å²) in [6.45, 7) is 6.78. The van der Waals surface area contributed by atoms with E-state index in [1.165, 1.54) is 5.57 Å². The molecule has 0 aliphatic carbocycles. The van der Waals surface area contributed by atoms with Crippen molar-refractivity contribution >= 4 is 28.5 Å². The number of nitrogens with zero attached hydrogens (tertiary/aromatic N) is 2. The van der Waals surface area contributed by atoms with Gasteiger partial charge in [-0.15, -0.1) is 0 Å². The first-order valence-corrected chi connectivity index (χ1v) is 9.78. The maximum atomic E-state index is 13.1. The van der Waals surface area contributed by atoms with Crippen molar-refractivity contribution in [2.75, 3.05) is 19.7 Å². The molecule has 2 N–H and O–H groups in total. The number of esters is 1. The molecule has 0 aromatic carbocycles. The number of carbonyl (C=O) groups excluding carboxylic acids is 2. The van der Waals surface area contributed by atoms with E-state index in [9.17, 15) is 9.59 Å². The van der Waals surface area contributed by atoms with Gasteiger partial charge in [-0.3, -0.25) is 4.79 Å². The van der Waals surface area contributed by atoms with Gasteiger partial charge in [-0.2, -0.15) is 0 Å². The average Bonchev–Trinajstić information content (AvgIpc) is 3.28. The lowest BCUT2D eigenvalue weighted by molar-refractivity contribution is 0.0525. The van der Waals surface area contributed by atoms with Gasteiger partial charge in [0.2, 0.25) is 0 Å². The second kappa shape index (κ2) is 7.58. The van der Waals surface area contributed by atoms with Gasteiger partial charge >= 0.3 is 5.97 Å². The second-order valence-electron chi connectivity index (χ2n) is 7.18. The predicted octanol–water partition coefficient (Wildman–Crippen LogP) is 3.61. The first-order chi connectivity index (χ1) is 14.0. The van der Waals surface area contributed by atoms with Crippen molar-refractivity contribution in [3.8, 4) is 0 Å².